The number of rotatable bonds is 8. The molecule has 190 valence electrons. The Morgan fingerprint density at radius 2 is 1.55 bits per heavy atom. The Morgan fingerprint density at radius 3 is 2.21 bits per heavy atom. The molecule has 0 bridgehead atoms. The predicted molar refractivity (Wildman–Crippen MR) is 138 cm³/mol. The van der Waals surface area contributed by atoms with Crippen molar-refractivity contribution in [1.82, 2.24) is 0 Å². The van der Waals surface area contributed by atoms with Gasteiger partial charge in [0.25, 0.3) is 0 Å². The summed E-state index contributed by atoms with van der Waals surface area (Å²) in [4.78, 5) is 11.4. The maximum Gasteiger partial charge on any atom is 0.302 e. The first-order valence-corrected chi connectivity index (χ1v) is 14.7. The summed E-state index contributed by atoms with van der Waals surface area (Å²) in [5.41, 5.74) is 1.07. The van der Waals surface area contributed by atoms with Gasteiger partial charge in [0.15, 0.2) is 0 Å². The Balaban J connectivity index is 1.42. The highest BCUT2D eigenvalue weighted by molar-refractivity contribution is 5.65. The van der Waals surface area contributed by atoms with E-state index in [4.69, 9.17) is 4.74 Å². The van der Waals surface area contributed by atoms with Crippen LogP contribution in [0.4, 0.5) is 0 Å². The molecule has 0 aromatic carbocycles. The molecule has 4 rings (SSSR count). The molecule has 0 aliphatic heterocycles. The normalized spacial score (nSPS) is 44.1. The van der Waals surface area contributed by atoms with Crippen LogP contribution < -0.4 is 0 Å². The van der Waals surface area contributed by atoms with E-state index in [1.54, 1.807) is 6.92 Å². The van der Waals surface area contributed by atoms with Crippen LogP contribution >= 0.6 is 0 Å². The first kappa shape index (κ1) is 25.6. The van der Waals surface area contributed by atoms with E-state index >= 15 is 0 Å². The largest absolute Gasteiger partial charge is 0.466 e. The summed E-state index contributed by atoms with van der Waals surface area (Å²) in [6, 6.07) is 0. The highest BCUT2D eigenvalue weighted by Crippen LogP contribution is 2.69. The second kappa shape index (κ2) is 9.85. The van der Waals surface area contributed by atoms with E-state index in [9.17, 15) is 4.79 Å². The minimum atomic E-state index is -0.101. The van der Waals surface area contributed by atoms with Gasteiger partial charge in [0.1, 0.15) is 0 Å². The molecule has 33 heavy (non-hydrogen) atoms. The van der Waals surface area contributed by atoms with E-state index in [-0.39, 0.29) is 5.97 Å². The SMILES string of the molecule is CCC(CCC(C)C1CCC2C3CCC4C(COC(C)=O)CCC4(C)C3CCC12C)C(C)C. The first-order valence-electron chi connectivity index (χ1n) is 14.7. The monoisotopic (exact) mass is 458 g/mol. The highest BCUT2D eigenvalue weighted by Gasteiger charge is 2.62. The molecule has 0 aromatic rings. The van der Waals surface area contributed by atoms with Crippen LogP contribution in [0.15, 0.2) is 0 Å². The summed E-state index contributed by atoms with van der Waals surface area (Å²) in [7, 11) is 0. The van der Waals surface area contributed by atoms with Crippen molar-refractivity contribution >= 4 is 5.97 Å². The van der Waals surface area contributed by atoms with Crippen LogP contribution in [0.2, 0.25) is 0 Å². The molecule has 4 saturated carbocycles. The zero-order valence-corrected chi connectivity index (χ0v) is 23.0. The third kappa shape index (κ3) is 4.55. The van der Waals surface area contributed by atoms with Gasteiger partial charge in [-0.15, -0.1) is 0 Å². The Bertz CT molecular complexity index is 684. The number of fused-ring (bicyclic) bond motifs is 5. The number of carbonyl (C=O) groups is 1. The van der Waals surface area contributed by atoms with Crippen molar-refractivity contribution in [2.24, 2.45) is 64.1 Å². The van der Waals surface area contributed by atoms with E-state index in [1.807, 2.05) is 0 Å². The lowest BCUT2D eigenvalue weighted by atomic mass is 9.46. The standard InChI is InChI=1S/C31H54O2/c1-8-23(20(2)3)10-9-21(4)26-13-14-28-25-11-12-27-24(19-33-22(5)32)15-17-31(27,7)29(25)16-18-30(26,28)6/h20-21,23-29H,8-19H2,1-7H3. The lowest BCUT2D eigenvalue weighted by molar-refractivity contribution is -0.144. The average Bonchev–Trinajstić information content (AvgIpc) is 3.29. The Hall–Kier alpha value is -0.530. The van der Waals surface area contributed by atoms with Crippen LogP contribution in [0.25, 0.3) is 0 Å². The van der Waals surface area contributed by atoms with E-state index in [0.29, 0.717) is 23.4 Å². The van der Waals surface area contributed by atoms with E-state index < -0.39 is 0 Å². The van der Waals surface area contributed by atoms with Crippen molar-refractivity contribution in [3.8, 4) is 0 Å². The molecule has 0 N–H and O–H groups in total. The molecule has 0 heterocycles. The summed E-state index contributed by atoms with van der Waals surface area (Å²) < 4.78 is 5.51. The number of hydrogen-bond acceptors (Lipinski definition) is 2. The highest BCUT2D eigenvalue weighted by atomic mass is 16.5. The van der Waals surface area contributed by atoms with Gasteiger partial charge in [-0.3, -0.25) is 4.79 Å². The van der Waals surface area contributed by atoms with Crippen molar-refractivity contribution < 1.29 is 9.53 Å². The van der Waals surface area contributed by atoms with Gasteiger partial charge in [-0.05, 0) is 122 Å². The molecule has 10 unspecified atom stereocenters. The first-order chi connectivity index (χ1) is 15.6. The van der Waals surface area contributed by atoms with Gasteiger partial charge in [0.2, 0.25) is 0 Å². The van der Waals surface area contributed by atoms with E-state index in [0.717, 1.165) is 47.3 Å². The van der Waals surface area contributed by atoms with Crippen LogP contribution in [0, 0.1) is 64.1 Å². The zero-order chi connectivity index (χ0) is 24.0. The lowest BCUT2D eigenvalue weighted by Crippen LogP contribution is -2.51. The minimum absolute atomic E-state index is 0.101. The maximum atomic E-state index is 11.4. The average molecular weight is 459 g/mol. The van der Waals surface area contributed by atoms with Crippen molar-refractivity contribution in [3.63, 3.8) is 0 Å². The fraction of sp³-hybridized carbons (Fsp3) is 0.968. The van der Waals surface area contributed by atoms with Crippen molar-refractivity contribution in [3.05, 3.63) is 0 Å². The third-order valence-corrected chi connectivity index (χ3v) is 12.3. The molecule has 4 aliphatic rings. The van der Waals surface area contributed by atoms with Crippen LogP contribution in [0.5, 0.6) is 0 Å². The zero-order valence-electron chi connectivity index (χ0n) is 23.0. The van der Waals surface area contributed by atoms with E-state index in [2.05, 4.69) is 41.5 Å². The summed E-state index contributed by atoms with van der Waals surface area (Å²) in [5, 5.41) is 0. The summed E-state index contributed by atoms with van der Waals surface area (Å²) in [6.45, 7) is 17.4. The molecule has 0 spiro atoms. The number of carbonyl (C=O) groups excluding carboxylic acids is 1. The van der Waals surface area contributed by atoms with Gasteiger partial charge < -0.3 is 4.74 Å². The fourth-order valence-electron chi connectivity index (χ4n) is 10.4. The molecular weight excluding hydrogens is 404 g/mol. The van der Waals surface area contributed by atoms with Gasteiger partial charge in [0, 0.05) is 6.92 Å². The Morgan fingerprint density at radius 1 is 0.879 bits per heavy atom. The Labute approximate surface area is 205 Å². The van der Waals surface area contributed by atoms with Gasteiger partial charge in [-0.25, -0.2) is 0 Å². The number of esters is 1. The molecule has 4 fully saturated rings. The van der Waals surface area contributed by atoms with Crippen LogP contribution in [-0.4, -0.2) is 12.6 Å². The third-order valence-electron chi connectivity index (χ3n) is 12.3. The van der Waals surface area contributed by atoms with Crippen LogP contribution in [0.3, 0.4) is 0 Å². The number of ether oxygens (including phenoxy) is 1. The molecule has 10 atom stereocenters. The molecule has 0 amide bonds. The second-order valence-corrected chi connectivity index (χ2v) is 13.9. The molecule has 2 heteroatoms. The van der Waals surface area contributed by atoms with Gasteiger partial charge in [0.05, 0.1) is 6.61 Å². The predicted octanol–water partition coefficient (Wildman–Crippen LogP) is 8.53. The molecule has 2 nitrogen and oxygen atoms in total. The van der Waals surface area contributed by atoms with E-state index in [1.165, 1.54) is 70.6 Å². The summed E-state index contributed by atoms with van der Waals surface area (Å²) >= 11 is 0. The molecule has 0 aromatic heterocycles. The minimum Gasteiger partial charge on any atom is -0.466 e. The number of hydrogen-bond donors (Lipinski definition) is 0. The molecular formula is C31H54O2. The van der Waals surface area contributed by atoms with Crippen LogP contribution in [-0.2, 0) is 9.53 Å². The fourth-order valence-corrected chi connectivity index (χ4v) is 10.4. The van der Waals surface area contributed by atoms with Crippen LogP contribution in [0.1, 0.15) is 119 Å². The molecule has 0 radical (unpaired) electrons. The molecule has 0 saturated heterocycles. The maximum absolute atomic E-state index is 11.4. The topological polar surface area (TPSA) is 26.3 Å². The Kier molecular flexibility index (Phi) is 7.63. The quantitative estimate of drug-likeness (QED) is 0.341. The van der Waals surface area contributed by atoms with Gasteiger partial charge >= 0.3 is 5.97 Å². The van der Waals surface area contributed by atoms with Crippen molar-refractivity contribution in [1.29, 1.82) is 0 Å². The van der Waals surface area contributed by atoms with Gasteiger partial charge in [-0.1, -0.05) is 54.4 Å². The van der Waals surface area contributed by atoms with Crippen molar-refractivity contribution in [2.45, 2.75) is 119 Å². The second-order valence-electron chi connectivity index (χ2n) is 13.9. The summed E-state index contributed by atoms with van der Waals surface area (Å²) in [6.07, 6.45) is 15.6. The summed E-state index contributed by atoms with van der Waals surface area (Å²) in [5.74, 6) is 7.68. The lowest BCUT2D eigenvalue weighted by Gasteiger charge is -2.58. The molecule has 4 aliphatic carbocycles. The van der Waals surface area contributed by atoms with Crippen molar-refractivity contribution in [2.75, 3.05) is 6.61 Å². The smallest absolute Gasteiger partial charge is 0.302 e. The van der Waals surface area contributed by atoms with Gasteiger partial charge in [-0.2, -0.15) is 0 Å².